The summed E-state index contributed by atoms with van der Waals surface area (Å²) >= 11 is 0. The summed E-state index contributed by atoms with van der Waals surface area (Å²) in [5.74, 6) is -0.539. The monoisotopic (exact) mass is 317 g/mol. The minimum Gasteiger partial charge on any atom is -0.434 e. The molecular formula is C12H6F3NO4S. The summed E-state index contributed by atoms with van der Waals surface area (Å²) in [7, 11) is -5.76. The van der Waals surface area contributed by atoms with Gasteiger partial charge in [0, 0.05) is 17.0 Å². The van der Waals surface area contributed by atoms with Gasteiger partial charge in [-0.05, 0) is 18.2 Å². The van der Waals surface area contributed by atoms with Gasteiger partial charge < -0.3 is 8.60 Å². The fourth-order valence-electron chi connectivity index (χ4n) is 1.84. The number of rotatable bonds is 2. The standard InChI is InChI=1S/C12H6F3NO4S/c13-12(14,15)21(17,18)20-9-5-1-3-7-8-4-2-6-16-11(8)19-10(7)9/h1-6H. The van der Waals surface area contributed by atoms with Gasteiger partial charge in [0.1, 0.15) is 0 Å². The van der Waals surface area contributed by atoms with E-state index in [1.54, 1.807) is 18.2 Å². The van der Waals surface area contributed by atoms with Crippen molar-refractivity contribution < 1.29 is 30.2 Å². The molecule has 0 amide bonds. The zero-order valence-corrected chi connectivity index (χ0v) is 10.9. The van der Waals surface area contributed by atoms with Gasteiger partial charge in [0.05, 0.1) is 0 Å². The van der Waals surface area contributed by atoms with Crippen LogP contribution in [0.1, 0.15) is 0 Å². The highest BCUT2D eigenvalue weighted by Gasteiger charge is 2.48. The van der Waals surface area contributed by atoms with Gasteiger partial charge in [0.2, 0.25) is 5.71 Å². The number of hydrogen-bond donors (Lipinski definition) is 0. The average Bonchev–Trinajstić information content (AvgIpc) is 2.77. The molecule has 0 unspecified atom stereocenters. The number of benzene rings is 1. The number of hydrogen-bond acceptors (Lipinski definition) is 5. The third-order valence-corrected chi connectivity index (χ3v) is 3.69. The van der Waals surface area contributed by atoms with E-state index >= 15 is 0 Å². The van der Waals surface area contributed by atoms with E-state index in [9.17, 15) is 21.6 Å². The number of nitrogens with zero attached hydrogens (tertiary/aromatic N) is 1. The van der Waals surface area contributed by atoms with Crippen molar-refractivity contribution in [2.75, 3.05) is 0 Å². The van der Waals surface area contributed by atoms with E-state index in [-0.39, 0.29) is 11.3 Å². The Morgan fingerprint density at radius 2 is 1.81 bits per heavy atom. The first kappa shape index (κ1) is 13.7. The average molecular weight is 317 g/mol. The fourth-order valence-corrected chi connectivity index (χ4v) is 2.30. The predicted molar refractivity (Wildman–Crippen MR) is 67.1 cm³/mol. The number of halogens is 3. The second-order valence-electron chi connectivity index (χ2n) is 4.07. The van der Waals surface area contributed by atoms with E-state index in [4.69, 9.17) is 4.42 Å². The number of furan rings is 1. The largest absolute Gasteiger partial charge is 0.534 e. The van der Waals surface area contributed by atoms with Gasteiger partial charge in [-0.2, -0.15) is 21.6 Å². The molecule has 0 radical (unpaired) electrons. The van der Waals surface area contributed by atoms with Crippen LogP contribution in [0.3, 0.4) is 0 Å². The molecule has 110 valence electrons. The molecule has 2 aromatic heterocycles. The summed E-state index contributed by atoms with van der Waals surface area (Å²) in [4.78, 5) is 3.91. The van der Waals surface area contributed by atoms with Crippen LogP contribution in [0.2, 0.25) is 0 Å². The third kappa shape index (κ3) is 2.19. The number of aromatic nitrogens is 1. The topological polar surface area (TPSA) is 69.4 Å². The smallest absolute Gasteiger partial charge is 0.434 e. The van der Waals surface area contributed by atoms with E-state index in [2.05, 4.69) is 9.17 Å². The van der Waals surface area contributed by atoms with Crippen LogP contribution in [0.25, 0.3) is 22.1 Å². The second-order valence-corrected chi connectivity index (χ2v) is 5.61. The first-order chi connectivity index (χ1) is 9.79. The molecule has 0 spiro atoms. The molecule has 21 heavy (non-hydrogen) atoms. The molecule has 3 rings (SSSR count). The third-order valence-electron chi connectivity index (χ3n) is 2.72. The molecule has 0 aliphatic rings. The van der Waals surface area contributed by atoms with Crippen molar-refractivity contribution in [2.24, 2.45) is 0 Å². The van der Waals surface area contributed by atoms with Crippen molar-refractivity contribution in [1.82, 2.24) is 4.98 Å². The SMILES string of the molecule is O=S(=O)(Oc1cccc2c1oc1ncccc12)C(F)(F)F. The van der Waals surface area contributed by atoms with Gasteiger partial charge in [0.25, 0.3) is 0 Å². The minimum absolute atomic E-state index is 0.112. The van der Waals surface area contributed by atoms with Crippen LogP contribution in [0, 0.1) is 0 Å². The summed E-state index contributed by atoms with van der Waals surface area (Å²) < 4.78 is 68.7. The van der Waals surface area contributed by atoms with Gasteiger partial charge >= 0.3 is 15.6 Å². The van der Waals surface area contributed by atoms with Crippen molar-refractivity contribution in [2.45, 2.75) is 5.51 Å². The molecular weight excluding hydrogens is 311 g/mol. The lowest BCUT2D eigenvalue weighted by atomic mass is 10.2. The van der Waals surface area contributed by atoms with Crippen molar-refractivity contribution >= 4 is 32.2 Å². The lowest BCUT2D eigenvalue weighted by molar-refractivity contribution is -0.0499. The number of fused-ring (bicyclic) bond motifs is 3. The predicted octanol–water partition coefficient (Wildman–Crippen LogP) is 3.21. The molecule has 3 aromatic rings. The molecule has 0 aliphatic carbocycles. The molecule has 2 heterocycles. The molecule has 0 saturated heterocycles. The van der Waals surface area contributed by atoms with Gasteiger partial charge in [-0.1, -0.05) is 12.1 Å². The van der Waals surface area contributed by atoms with E-state index < -0.39 is 21.4 Å². The number of para-hydroxylation sites is 1. The number of alkyl halides is 3. The maximum absolute atomic E-state index is 12.4. The summed E-state index contributed by atoms with van der Waals surface area (Å²) in [6.45, 7) is 0. The maximum atomic E-state index is 12.4. The Kier molecular flexibility index (Phi) is 2.84. The maximum Gasteiger partial charge on any atom is 0.534 e. The quantitative estimate of drug-likeness (QED) is 0.536. The number of pyridine rings is 1. The van der Waals surface area contributed by atoms with Crippen molar-refractivity contribution in [3.8, 4) is 5.75 Å². The molecule has 0 saturated carbocycles. The molecule has 5 nitrogen and oxygen atoms in total. The van der Waals surface area contributed by atoms with Crippen molar-refractivity contribution in [1.29, 1.82) is 0 Å². The van der Waals surface area contributed by atoms with Crippen LogP contribution >= 0.6 is 0 Å². The second kappa shape index (κ2) is 4.35. The molecule has 9 heteroatoms. The summed E-state index contributed by atoms with van der Waals surface area (Å²) in [6, 6.07) is 7.28. The van der Waals surface area contributed by atoms with Crippen LogP contribution in [0.5, 0.6) is 5.75 Å². The fraction of sp³-hybridized carbons (Fsp3) is 0.0833. The minimum atomic E-state index is -5.76. The molecule has 1 aromatic carbocycles. The van der Waals surface area contributed by atoms with Gasteiger partial charge in [-0.3, -0.25) is 0 Å². The molecule has 0 aliphatic heterocycles. The first-order valence-corrected chi connectivity index (χ1v) is 6.97. The molecule has 0 N–H and O–H groups in total. The summed E-state index contributed by atoms with van der Waals surface area (Å²) in [5, 5.41) is 0.954. The van der Waals surface area contributed by atoms with Crippen LogP contribution in [-0.2, 0) is 10.1 Å². The molecule has 0 fully saturated rings. The molecule has 0 atom stereocenters. The van der Waals surface area contributed by atoms with Crippen molar-refractivity contribution in [3.63, 3.8) is 0 Å². The van der Waals surface area contributed by atoms with Crippen LogP contribution in [-0.4, -0.2) is 18.9 Å². The highest BCUT2D eigenvalue weighted by atomic mass is 32.2. The highest BCUT2D eigenvalue weighted by Crippen LogP contribution is 2.36. The Balaban J connectivity index is 2.21. The Labute approximate surface area is 116 Å². The lowest BCUT2D eigenvalue weighted by Gasteiger charge is -2.09. The Morgan fingerprint density at radius 1 is 1.10 bits per heavy atom. The Morgan fingerprint density at radius 3 is 2.52 bits per heavy atom. The van der Waals surface area contributed by atoms with Crippen LogP contribution in [0.15, 0.2) is 40.9 Å². The Bertz CT molecular complexity index is 930. The zero-order chi connectivity index (χ0) is 15.3. The zero-order valence-electron chi connectivity index (χ0n) is 10.1. The van der Waals surface area contributed by atoms with Crippen molar-refractivity contribution in [3.05, 3.63) is 36.5 Å². The Hall–Kier alpha value is -2.29. The van der Waals surface area contributed by atoms with E-state index in [1.165, 1.54) is 12.3 Å². The van der Waals surface area contributed by atoms with E-state index in [0.29, 0.717) is 10.8 Å². The van der Waals surface area contributed by atoms with E-state index in [0.717, 1.165) is 6.07 Å². The van der Waals surface area contributed by atoms with Crippen LogP contribution in [0.4, 0.5) is 13.2 Å². The van der Waals surface area contributed by atoms with Crippen LogP contribution < -0.4 is 4.18 Å². The van der Waals surface area contributed by atoms with Gasteiger partial charge in [0.15, 0.2) is 11.3 Å². The lowest BCUT2D eigenvalue weighted by Crippen LogP contribution is -2.28. The normalized spacial score (nSPS) is 12.9. The summed E-state index contributed by atoms with van der Waals surface area (Å²) in [6.07, 6.45) is 1.44. The summed E-state index contributed by atoms with van der Waals surface area (Å²) in [5.41, 5.74) is -5.45. The van der Waals surface area contributed by atoms with E-state index in [1.807, 2.05) is 0 Å². The first-order valence-electron chi connectivity index (χ1n) is 5.56. The van der Waals surface area contributed by atoms with Gasteiger partial charge in [-0.15, -0.1) is 0 Å². The molecule has 0 bridgehead atoms. The highest BCUT2D eigenvalue weighted by molar-refractivity contribution is 7.88. The van der Waals surface area contributed by atoms with Gasteiger partial charge in [-0.25, -0.2) is 4.98 Å².